The average molecular weight is 384 g/mol. The minimum atomic E-state index is -0.965. The highest BCUT2D eigenvalue weighted by Crippen LogP contribution is 2.28. The number of carbonyl (C=O) groups is 3. The van der Waals surface area contributed by atoms with E-state index in [4.69, 9.17) is 5.11 Å². The van der Waals surface area contributed by atoms with Gasteiger partial charge in [0.25, 0.3) is 5.24 Å². The third kappa shape index (κ3) is 4.49. The summed E-state index contributed by atoms with van der Waals surface area (Å²) in [6.45, 7) is 2.31. The van der Waals surface area contributed by atoms with Gasteiger partial charge < -0.3 is 10.0 Å². The van der Waals surface area contributed by atoms with E-state index >= 15 is 0 Å². The molecule has 0 saturated carbocycles. The summed E-state index contributed by atoms with van der Waals surface area (Å²) >= 11 is 1.04. The molecule has 1 heterocycles. The summed E-state index contributed by atoms with van der Waals surface area (Å²) in [5, 5.41) is 10.7. The summed E-state index contributed by atoms with van der Waals surface area (Å²) in [6.07, 6.45) is -0.453. The number of imide groups is 1. The van der Waals surface area contributed by atoms with Crippen molar-refractivity contribution in [3.05, 3.63) is 59.2 Å². The van der Waals surface area contributed by atoms with Gasteiger partial charge >= 0.3 is 6.09 Å². The zero-order chi connectivity index (χ0) is 19.6. The molecule has 1 unspecified atom stereocenters. The fourth-order valence-electron chi connectivity index (χ4n) is 3.02. The molecule has 1 fully saturated rings. The number of hydrogen-bond acceptors (Lipinski definition) is 4. The molecule has 0 bridgehead atoms. The molecule has 6 nitrogen and oxygen atoms in total. The largest absolute Gasteiger partial charge is 0.465 e. The molecule has 1 atom stereocenters. The van der Waals surface area contributed by atoms with E-state index in [0.717, 1.165) is 39.6 Å². The van der Waals surface area contributed by atoms with E-state index in [1.807, 2.05) is 43.3 Å². The van der Waals surface area contributed by atoms with Crippen molar-refractivity contribution in [2.45, 2.75) is 25.1 Å². The Morgan fingerprint density at radius 3 is 2.56 bits per heavy atom. The van der Waals surface area contributed by atoms with Gasteiger partial charge in [-0.3, -0.25) is 14.9 Å². The second-order valence-electron chi connectivity index (χ2n) is 6.57. The van der Waals surface area contributed by atoms with Crippen molar-refractivity contribution in [3.8, 4) is 11.1 Å². The predicted molar refractivity (Wildman–Crippen MR) is 105 cm³/mol. The smallest absolute Gasteiger partial charge is 0.407 e. The quantitative estimate of drug-likeness (QED) is 0.821. The second kappa shape index (κ2) is 7.84. The van der Waals surface area contributed by atoms with Gasteiger partial charge in [-0.05, 0) is 47.2 Å². The Labute approximate surface area is 161 Å². The van der Waals surface area contributed by atoms with Crippen LogP contribution >= 0.6 is 11.8 Å². The van der Waals surface area contributed by atoms with E-state index in [-0.39, 0.29) is 16.4 Å². The predicted octanol–water partition coefficient (Wildman–Crippen LogP) is 3.67. The van der Waals surface area contributed by atoms with Crippen molar-refractivity contribution in [2.24, 2.45) is 0 Å². The first-order valence-electron chi connectivity index (χ1n) is 8.48. The third-order valence-electron chi connectivity index (χ3n) is 4.52. The number of nitrogens with one attached hydrogen (secondary N) is 1. The SMILES string of the molecule is Cc1cc(-c2cccc(CN(C)C(=O)O)c2)ccc1CC1SC(=O)NC1=O. The van der Waals surface area contributed by atoms with Crippen LogP contribution in [0.3, 0.4) is 0 Å². The summed E-state index contributed by atoms with van der Waals surface area (Å²) in [6, 6.07) is 13.8. The number of hydrogen-bond donors (Lipinski definition) is 2. The molecule has 27 heavy (non-hydrogen) atoms. The minimum Gasteiger partial charge on any atom is -0.465 e. The molecule has 7 heteroatoms. The van der Waals surface area contributed by atoms with E-state index in [0.29, 0.717) is 13.0 Å². The molecule has 0 radical (unpaired) electrons. The molecule has 2 N–H and O–H groups in total. The van der Waals surface area contributed by atoms with Crippen LogP contribution in [0.15, 0.2) is 42.5 Å². The topological polar surface area (TPSA) is 86.7 Å². The molecule has 140 valence electrons. The first-order valence-corrected chi connectivity index (χ1v) is 9.36. The van der Waals surface area contributed by atoms with Gasteiger partial charge in [0.15, 0.2) is 0 Å². The van der Waals surface area contributed by atoms with Crippen LogP contribution in [0.5, 0.6) is 0 Å². The minimum absolute atomic E-state index is 0.233. The number of benzene rings is 2. The molecule has 2 aromatic rings. The van der Waals surface area contributed by atoms with Gasteiger partial charge in [0.1, 0.15) is 0 Å². The number of carbonyl (C=O) groups excluding carboxylic acids is 2. The number of amides is 3. The Hall–Kier alpha value is -2.80. The zero-order valence-electron chi connectivity index (χ0n) is 15.1. The van der Waals surface area contributed by atoms with Crippen molar-refractivity contribution < 1.29 is 19.5 Å². The lowest BCUT2D eigenvalue weighted by molar-refractivity contribution is -0.118. The standard InChI is InChI=1S/C20H20N2O4S/c1-12-8-16(7-6-14(12)10-17-18(23)21-19(24)27-17)15-5-3-4-13(9-15)11-22(2)20(25)26/h3-9,17H,10-11H2,1-2H3,(H,25,26)(H,21,23,24). The van der Waals surface area contributed by atoms with Crippen LogP contribution in [-0.4, -0.2) is 39.5 Å². The van der Waals surface area contributed by atoms with E-state index in [2.05, 4.69) is 11.4 Å². The molecule has 0 spiro atoms. The van der Waals surface area contributed by atoms with Gasteiger partial charge in [0.2, 0.25) is 5.91 Å². The summed E-state index contributed by atoms with van der Waals surface area (Å²) in [5.74, 6) is -0.233. The van der Waals surface area contributed by atoms with E-state index in [1.165, 1.54) is 11.9 Å². The van der Waals surface area contributed by atoms with Gasteiger partial charge in [-0.2, -0.15) is 0 Å². The number of rotatable bonds is 5. The van der Waals surface area contributed by atoms with E-state index in [9.17, 15) is 14.4 Å². The normalized spacial score (nSPS) is 16.3. The zero-order valence-corrected chi connectivity index (χ0v) is 15.9. The lowest BCUT2D eigenvalue weighted by atomic mass is 9.96. The van der Waals surface area contributed by atoms with Gasteiger partial charge in [0.05, 0.1) is 5.25 Å². The van der Waals surface area contributed by atoms with Crippen LogP contribution in [0.25, 0.3) is 11.1 Å². The van der Waals surface area contributed by atoms with Crippen LogP contribution in [0.1, 0.15) is 16.7 Å². The summed E-state index contributed by atoms with van der Waals surface area (Å²) in [4.78, 5) is 35.3. The first-order chi connectivity index (χ1) is 12.8. The monoisotopic (exact) mass is 384 g/mol. The number of carboxylic acid groups (broad SMARTS) is 1. The van der Waals surface area contributed by atoms with Gasteiger partial charge in [0, 0.05) is 13.6 Å². The van der Waals surface area contributed by atoms with Crippen molar-refractivity contribution in [2.75, 3.05) is 7.05 Å². The molecule has 0 aromatic heterocycles. The van der Waals surface area contributed by atoms with E-state index in [1.54, 1.807) is 0 Å². The summed E-state index contributed by atoms with van der Waals surface area (Å²) in [7, 11) is 1.54. The van der Waals surface area contributed by atoms with Crippen molar-refractivity contribution in [1.82, 2.24) is 10.2 Å². The maximum absolute atomic E-state index is 11.8. The van der Waals surface area contributed by atoms with Crippen molar-refractivity contribution >= 4 is 29.0 Å². The van der Waals surface area contributed by atoms with Crippen molar-refractivity contribution in [3.63, 3.8) is 0 Å². The average Bonchev–Trinajstić information content (AvgIpc) is 2.94. The molecule has 3 rings (SSSR count). The van der Waals surface area contributed by atoms with Crippen LogP contribution in [0.2, 0.25) is 0 Å². The number of nitrogens with zero attached hydrogens (tertiary/aromatic N) is 1. The molecular formula is C20H20N2O4S. The second-order valence-corrected chi connectivity index (χ2v) is 7.74. The lowest BCUT2D eigenvalue weighted by Gasteiger charge is -2.14. The van der Waals surface area contributed by atoms with Crippen molar-refractivity contribution in [1.29, 1.82) is 0 Å². The molecule has 1 aliphatic rings. The lowest BCUT2D eigenvalue weighted by Crippen LogP contribution is -2.25. The molecule has 3 amide bonds. The van der Waals surface area contributed by atoms with Gasteiger partial charge in [-0.25, -0.2) is 4.79 Å². The molecule has 1 aliphatic heterocycles. The molecular weight excluding hydrogens is 364 g/mol. The van der Waals surface area contributed by atoms with Gasteiger partial charge in [-0.1, -0.05) is 48.2 Å². The highest BCUT2D eigenvalue weighted by Gasteiger charge is 2.31. The molecule has 0 aliphatic carbocycles. The maximum Gasteiger partial charge on any atom is 0.407 e. The highest BCUT2D eigenvalue weighted by molar-refractivity contribution is 8.15. The van der Waals surface area contributed by atoms with Gasteiger partial charge in [-0.15, -0.1) is 0 Å². The highest BCUT2D eigenvalue weighted by atomic mass is 32.2. The fourth-order valence-corrected chi connectivity index (χ4v) is 3.87. The van der Waals surface area contributed by atoms with E-state index < -0.39 is 6.09 Å². The Balaban J connectivity index is 1.78. The third-order valence-corrected chi connectivity index (χ3v) is 5.50. The molecule has 1 saturated heterocycles. The first kappa shape index (κ1) is 19.0. The maximum atomic E-state index is 11.8. The Kier molecular flexibility index (Phi) is 5.51. The summed E-state index contributed by atoms with van der Waals surface area (Å²) in [5.41, 5.74) is 5.02. The Morgan fingerprint density at radius 1 is 1.19 bits per heavy atom. The number of thioether (sulfide) groups is 1. The van der Waals surface area contributed by atoms with Crippen LogP contribution in [0, 0.1) is 6.92 Å². The number of aryl methyl sites for hydroxylation is 1. The van der Waals surface area contributed by atoms with Crippen LogP contribution in [0.4, 0.5) is 9.59 Å². The Morgan fingerprint density at radius 2 is 1.93 bits per heavy atom. The van der Waals surface area contributed by atoms with Crippen LogP contribution in [-0.2, 0) is 17.8 Å². The molecule has 2 aromatic carbocycles. The fraction of sp³-hybridized carbons (Fsp3) is 0.250. The Bertz CT molecular complexity index is 913. The summed E-state index contributed by atoms with van der Waals surface area (Å²) < 4.78 is 0. The van der Waals surface area contributed by atoms with Crippen LogP contribution < -0.4 is 5.32 Å².